The molecule has 0 aromatic heterocycles. The Morgan fingerprint density at radius 3 is 2.00 bits per heavy atom. The monoisotopic (exact) mass is 369 g/mol. The summed E-state index contributed by atoms with van der Waals surface area (Å²) < 4.78 is 26.9. The van der Waals surface area contributed by atoms with Crippen LogP contribution in [-0.4, -0.2) is 20.2 Å². The van der Waals surface area contributed by atoms with E-state index in [1.165, 1.54) is 25.7 Å². The number of nitrogens with zero attached hydrogens (tertiary/aromatic N) is 2. The van der Waals surface area contributed by atoms with Crippen LogP contribution in [0.2, 0.25) is 0 Å². The summed E-state index contributed by atoms with van der Waals surface area (Å²) in [6.07, 6.45) is 13.5. The topological polar surface area (TPSA) is 93.8 Å². The highest BCUT2D eigenvalue weighted by Crippen LogP contribution is 2.13. The number of nitriles is 2. The highest BCUT2D eigenvalue weighted by atomic mass is 32.2. The predicted octanol–water partition coefficient (Wildman–Crippen LogP) is 4.80. The second kappa shape index (κ2) is 16.4. The van der Waals surface area contributed by atoms with Crippen LogP contribution >= 0.6 is 0 Å². The molecule has 0 bridgehead atoms. The molecule has 1 unspecified atom stereocenters. The molecule has 0 fully saturated rings. The summed E-state index contributed by atoms with van der Waals surface area (Å²) in [7, 11) is -3.53. The predicted molar refractivity (Wildman–Crippen MR) is 102 cm³/mol. The number of hydrogen-bond acceptors (Lipinski definition) is 4. The van der Waals surface area contributed by atoms with Crippen molar-refractivity contribution in [1.82, 2.24) is 4.72 Å². The summed E-state index contributed by atoms with van der Waals surface area (Å²) in [5.74, 6) is 0. The zero-order valence-electron chi connectivity index (χ0n) is 15.8. The maximum Gasteiger partial charge on any atom is 0.227 e. The van der Waals surface area contributed by atoms with Crippen molar-refractivity contribution in [1.29, 1.82) is 10.5 Å². The van der Waals surface area contributed by atoms with Gasteiger partial charge >= 0.3 is 0 Å². The van der Waals surface area contributed by atoms with Crippen molar-refractivity contribution in [2.45, 2.75) is 102 Å². The van der Waals surface area contributed by atoms with Crippen LogP contribution in [0.1, 0.15) is 96.8 Å². The molecule has 5 nitrogen and oxygen atoms in total. The molecular weight excluding hydrogens is 334 g/mol. The Kier molecular flexibility index (Phi) is 15.6. The van der Waals surface area contributed by atoms with Crippen LogP contribution in [0.5, 0.6) is 0 Å². The Hall–Kier alpha value is -1.11. The number of rotatable bonds is 17. The van der Waals surface area contributed by atoms with Crippen molar-refractivity contribution in [2.75, 3.05) is 6.54 Å². The summed E-state index contributed by atoms with van der Waals surface area (Å²) in [4.78, 5) is 0. The Morgan fingerprint density at radius 1 is 0.840 bits per heavy atom. The van der Waals surface area contributed by atoms with E-state index in [1.807, 2.05) is 6.07 Å². The molecule has 0 amide bonds. The first kappa shape index (κ1) is 23.9. The molecule has 0 saturated heterocycles. The molecule has 0 rings (SSSR count). The average Bonchev–Trinajstić information content (AvgIpc) is 2.59. The molecule has 1 N–H and O–H groups in total. The van der Waals surface area contributed by atoms with E-state index in [2.05, 4.69) is 17.7 Å². The molecule has 0 aliphatic rings. The normalized spacial score (nSPS) is 12.4. The van der Waals surface area contributed by atoms with Gasteiger partial charge < -0.3 is 0 Å². The Balaban J connectivity index is 3.82. The second-order valence-electron chi connectivity index (χ2n) is 6.64. The molecule has 0 radical (unpaired) electrons. The highest BCUT2D eigenvalue weighted by molar-refractivity contribution is 7.90. The van der Waals surface area contributed by atoms with Gasteiger partial charge in [-0.15, -0.1) is 0 Å². The zero-order valence-corrected chi connectivity index (χ0v) is 16.6. The quantitative estimate of drug-likeness (QED) is 0.372. The first-order valence-corrected chi connectivity index (χ1v) is 11.4. The molecule has 0 aliphatic heterocycles. The third-order valence-electron chi connectivity index (χ3n) is 4.36. The van der Waals surface area contributed by atoms with E-state index in [0.29, 0.717) is 19.4 Å². The van der Waals surface area contributed by atoms with Gasteiger partial charge in [-0.3, -0.25) is 0 Å². The molecular formula is C19H35N3O2S. The van der Waals surface area contributed by atoms with Crippen molar-refractivity contribution in [2.24, 2.45) is 0 Å². The summed E-state index contributed by atoms with van der Waals surface area (Å²) in [5, 5.41) is 16.7. The van der Waals surface area contributed by atoms with Gasteiger partial charge in [-0.25, -0.2) is 13.1 Å². The van der Waals surface area contributed by atoms with Gasteiger partial charge in [0.2, 0.25) is 10.0 Å². The van der Waals surface area contributed by atoms with E-state index in [9.17, 15) is 8.42 Å². The van der Waals surface area contributed by atoms with Crippen molar-refractivity contribution in [3.05, 3.63) is 0 Å². The van der Waals surface area contributed by atoms with Crippen molar-refractivity contribution in [3.8, 4) is 12.1 Å². The van der Waals surface area contributed by atoms with Crippen molar-refractivity contribution < 1.29 is 8.42 Å². The van der Waals surface area contributed by atoms with Gasteiger partial charge in [0.1, 0.15) is 0 Å². The minimum atomic E-state index is -3.53. The number of sulfonamides is 1. The largest absolute Gasteiger partial charge is 0.227 e. The van der Waals surface area contributed by atoms with Crippen LogP contribution in [0.25, 0.3) is 0 Å². The maximum atomic E-state index is 12.2. The Labute approximate surface area is 154 Å². The average molecular weight is 370 g/mol. The lowest BCUT2D eigenvalue weighted by Gasteiger charge is -2.12. The molecule has 0 saturated carbocycles. The molecule has 0 spiro atoms. The van der Waals surface area contributed by atoms with Crippen molar-refractivity contribution in [3.63, 3.8) is 0 Å². The maximum absolute atomic E-state index is 12.2. The van der Waals surface area contributed by atoms with E-state index in [0.717, 1.165) is 51.4 Å². The molecule has 6 heteroatoms. The zero-order chi connectivity index (χ0) is 18.8. The highest BCUT2D eigenvalue weighted by Gasteiger charge is 2.23. The fourth-order valence-electron chi connectivity index (χ4n) is 2.75. The number of nitrogens with one attached hydrogen (secondary N) is 1. The molecule has 0 aliphatic carbocycles. The first-order valence-electron chi connectivity index (χ1n) is 9.83. The Bertz CT molecular complexity index is 492. The fraction of sp³-hybridized carbons (Fsp3) is 0.895. The summed E-state index contributed by atoms with van der Waals surface area (Å²) in [5.41, 5.74) is 0. The lowest BCUT2D eigenvalue weighted by Crippen LogP contribution is -2.34. The van der Waals surface area contributed by atoms with Crippen LogP contribution in [0.3, 0.4) is 0 Å². The van der Waals surface area contributed by atoms with E-state index < -0.39 is 15.3 Å². The van der Waals surface area contributed by atoms with Crippen LogP contribution in [0.4, 0.5) is 0 Å². The number of unbranched alkanes of at least 4 members (excludes halogenated alkanes) is 11. The molecule has 1 atom stereocenters. The van der Waals surface area contributed by atoms with Crippen LogP contribution in [-0.2, 0) is 10.0 Å². The molecule has 144 valence electrons. The smallest absolute Gasteiger partial charge is 0.214 e. The third kappa shape index (κ3) is 13.8. The lowest BCUT2D eigenvalue weighted by atomic mass is 10.1. The van der Waals surface area contributed by atoms with E-state index in [1.54, 1.807) is 0 Å². The van der Waals surface area contributed by atoms with Gasteiger partial charge in [-0.2, -0.15) is 10.5 Å². The van der Waals surface area contributed by atoms with E-state index in [-0.39, 0.29) is 0 Å². The van der Waals surface area contributed by atoms with Gasteiger partial charge in [0.15, 0.2) is 5.25 Å². The van der Waals surface area contributed by atoms with Crippen molar-refractivity contribution >= 4 is 10.0 Å². The van der Waals surface area contributed by atoms with Crippen LogP contribution in [0.15, 0.2) is 0 Å². The van der Waals surface area contributed by atoms with Gasteiger partial charge in [0, 0.05) is 13.0 Å². The molecule has 0 aromatic rings. The van der Waals surface area contributed by atoms with Crippen LogP contribution < -0.4 is 4.72 Å². The second-order valence-corrected chi connectivity index (χ2v) is 8.59. The molecule has 25 heavy (non-hydrogen) atoms. The fourth-order valence-corrected chi connectivity index (χ4v) is 4.00. The lowest BCUT2D eigenvalue weighted by molar-refractivity contribution is 0.546. The van der Waals surface area contributed by atoms with Gasteiger partial charge in [0.25, 0.3) is 0 Å². The van der Waals surface area contributed by atoms with Gasteiger partial charge in [-0.05, 0) is 19.3 Å². The third-order valence-corrected chi connectivity index (χ3v) is 6.05. The standard InChI is InChI=1S/C19H35N3O2S/c1-2-3-4-5-6-9-12-15-19(18-21)25(23,24)22-17-14-11-8-7-10-13-16-20/h19,22H,2-15,17H2,1H3. The number of hydrogen-bond donors (Lipinski definition) is 1. The summed E-state index contributed by atoms with van der Waals surface area (Å²) >= 11 is 0. The molecule has 0 heterocycles. The van der Waals surface area contributed by atoms with Gasteiger partial charge in [-0.1, -0.05) is 71.1 Å². The minimum absolute atomic E-state index is 0.399. The summed E-state index contributed by atoms with van der Waals surface area (Å²) in [6, 6.07) is 4.07. The SMILES string of the molecule is CCCCCCCCCC(C#N)S(=O)(=O)NCCCCCCCC#N. The van der Waals surface area contributed by atoms with E-state index >= 15 is 0 Å². The molecule has 0 aromatic carbocycles. The Morgan fingerprint density at radius 2 is 1.40 bits per heavy atom. The summed E-state index contributed by atoms with van der Waals surface area (Å²) in [6.45, 7) is 2.58. The minimum Gasteiger partial charge on any atom is -0.214 e. The van der Waals surface area contributed by atoms with Crippen LogP contribution in [0, 0.1) is 22.7 Å². The van der Waals surface area contributed by atoms with E-state index in [4.69, 9.17) is 10.5 Å². The first-order chi connectivity index (χ1) is 12.1. The van der Waals surface area contributed by atoms with Gasteiger partial charge in [0.05, 0.1) is 12.1 Å².